The average Bonchev–Trinajstić information content (AvgIpc) is 2.49. The highest BCUT2D eigenvalue weighted by molar-refractivity contribution is 5.80. The van der Waals surface area contributed by atoms with E-state index in [0.29, 0.717) is 13.0 Å². The molecule has 1 amide bonds. The first kappa shape index (κ1) is 8.23. The maximum absolute atomic E-state index is 11.1. The Morgan fingerprint density at radius 3 is 2.92 bits per heavy atom. The van der Waals surface area contributed by atoms with Gasteiger partial charge in [0.2, 0.25) is 5.91 Å². The van der Waals surface area contributed by atoms with Gasteiger partial charge in [0.1, 0.15) is 0 Å². The van der Waals surface area contributed by atoms with E-state index >= 15 is 0 Å². The summed E-state index contributed by atoms with van der Waals surface area (Å²) in [5, 5.41) is 2.83. The number of pyridine rings is 1. The number of carbonyl (C=O) groups excluding carboxylic acids is 1. The molecule has 1 aromatic rings. The summed E-state index contributed by atoms with van der Waals surface area (Å²) in [7, 11) is 0. The fourth-order valence-electron chi connectivity index (χ4n) is 1.67. The summed E-state index contributed by atoms with van der Waals surface area (Å²) in [5.41, 5.74) is 0.881. The Hall–Kier alpha value is -1.38. The molecule has 3 heteroatoms. The van der Waals surface area contributed by atoms with Gasteiger partial charge in [-0.2, -0.15) is 0 Å². The summed E-state index contributed by atoms with van der Waals surface area (Å²) >= 11 is 0. The fraction of sp³-hybridized carbons (Fsp3) is 0.400. The zero-order valence-electron chi connectivity index (χ0n) is 7.58. The number of hydrogen-bond acceptors (Lipinski definition) is 2. The molecular formula is C10H12N2O. The van der Waals surface area contributed by atoms with E-state index in [1.54, 1.807) is 6.20 Å². The van der Waals surface area contributed by atoms with Crippen molar-refractivity contribution in [3.05, 3.63) is 30.1 Å². The van der Waals surface area contributed by atoms with Gasteiger partial charge in [-0.05, 0) is 12.1 Å². The molecule has 1 saturated heterocycles. The molecule has 0 bridgehead atoms. The number of nitrogens with zero attached hydrogens (tertiary/aromatic N) is 1. The summed E-state index contributed by atoms with van der Waals surface area (Å²) in [5.74, 6) is 0.119. The SMILES string of the molecule is C[C@]1(c2ccccn2)CNC(=O)C1. The second-order valence-corrected chi connectivity index (χ2v) is 3.73. The van der Waals surface area contributed by atoms with Gasteiger partial charge in [0.25, 0.3) is 0 Å². The monoisotopic (exact) mass is 176 g/mol. The molecule has 3 nitrogen and oxygen atoms in total. The lowest BCUT2D eigenvalue weighted by atomic mass is 9.85. The van der Waals surface area contributed by atoms with Crippen molar-refractivity contribution in [1.82, 2.24) is 10.3 Å². The van der Waals surface area contributed by atoms with Crippen LogP contribution in [0.4, 0.5) is 0 Å². The lowest BCUT2D eigenvalue weighted by Crippen LogP contribution is -2.25. The second-order valence-electron chi connectivity index (χ2n) is 3.73. The van der Waals surface area contributed by atoms with E-state index in [0.717, 1.165) is 5.69 Å². The van der Waals surface area contributed by atoms with Crippen LogP contribution in [0.3, 0.4) is 0 Å². The van der Waals surface area contributed by atoms with Crippen LogP contribution < -0.4 is 5.32 Å². The van der Waals surface area contributed by atoms with Gasteiger partial charge < -0.3 is 5.32 Å². The third kappa shape index (κ3) is 1.41. The minimum atomic E-state index is -0.113. The van der Waals surface area contributed by atoms with Gasteiger partial charge in [-0.1, -0.05) is 13.0 Å². The molecule has 2 rings (SSSR count). The second kappa shape index (κ2) is 2.83. The third-order valence-corrected chi connectivity index (χ3v) is 2.51. The van der Waals surface area contributed by atoms with Crippen molar-refractivity contribution >= 4 is 5.91 Å². The first-order valence-electron chi connectivity index (χ1n) is 4.39. The van der Waals surface area contributed by atoms with Crippen molar-refractivity contribution in [3.8, 4) is 0 Å². The maximum atomic E-state index is 11.1. The van der Waals surface area contributed by atoms with Crippen LogP contribution in [-0.2, 0) is 10.2 Å². The van der Waals surface area contributed by atoms with Crippen molar-refractivity contribution in [2.24, 2.45) is 0 Å². The van der Waals surface area contributed by atoms with Crippen LogP contribution in [0.15, 0.2) is 24.4 Å². The molecule has 1 N–H and O–H groups in total. The quantitative estimate of drug-likeness (QED) is 0.689. The molecule has 68 valence electrons. The van der Waals surface area contributed by atoms with Gasteiger partial charge in [-0.3, -0.25) is 9.78 Å². The van der Waals surface area contributed by atoms with Crippen LogP contribution >= 0.6 is 0 Å². The summed E-state index contributed by atoms with van der Waals surface area (Å²) < 4.78 is 0. The van der Waals surface area contributed by atoms with Crippen molar-refractivity contribution in [3.63, 3.8) is 0 Å². The Balaban J connectivity index is 2.31. The Morgan fingerprint density at radius 2 is 2.38 bits per heavy atom. The topological polar surface area (TPSA) is 42.0 Å². The molecule has 13 heavy (non-hydrogen) atoms. The normalized spacial score (nSPS) is 27.3. The third-order valence-electron chi connectivity index (χ3n) is 2.51. The lowest BCUT2D eigenvalue weighted by Gasteiger charge is -2.19. The lowest BCUT2D eigenvalue weighted by molar-refractivity contribution is -0.119. The molecule has 0 aliphatic carbocycles. The number of carbonyl (C=O) groups is 1. The zero-order valence-corrected chi connectivity index (χ0v) is 7.58. The molecule has 2 heterocycles. The number of rotatable bonds is 1. The Bertz CT molecular complexity index is 323. The predicted molar refractivity (Wildman–Crippen MR) is 49.2 cm³/mol. The van der Waals surface area contributed by atoms with Crippen LogP contribution in [-0.4, -0.2) is 17.4 Å². The summed E-state index contributed by atoms with van der Waals surface area (Å²) in [6.07, 6.45) is 2.31. The van der Waals surface area contributed by atoms with E-state index in [2.05, 4.69) is 17.2 Å². The minimum Gasteiger partial charge on any atom is -0.355 e. The Morgan fingerprint density at radius 1 is 1.54 bits per heavy atom. The van der Waals surface area contributed by atoms with Crippen LogP contribution in [0.5, 0.6) is 0 Å². The number of hydrogen-bond donors (Lipinski definition) is 1. The van der Waals surface area contributed by atoms with E-state index in [1.807, 2.05) is 18.2 Å². The number of amides is 1. The Labute approximate surface area is 77.2 Å². The number of aromatic nitrogens is 1. The Kier molecular flexibility index (Phi) is 1.79. The van der Waals surface area contributed by atoms with E-state index in [1.165, 1.54) is 0 Å². The van der Waals surface area contributed by atoms with Gasteiger partial charge in [-0.15, -0.1) is 0 Å². The van der Waals surface area contributed by atoms with Crippen molar-refractivity contribution in [2.45, 2.75) is 18.8 Å². The summed E-state index contributed by atoms with van der Waals surface area (Å²) in [6, 6.07) is 5.81. The van der Waals surface area contributed by atoms with Crippen LogP contribution in [0.2, 0.25) is 0 Å². The molecule has 0 radical (unpaired) electrons. The molecule has 1 aromatic heterocycles. The molecule has 0 aromatic carbocycles. The van der Waals surface area contributed by atoms with E-state index in [-0.39, 0.29) is 11.3 Å². The van der Waals surface area contributed by atoms with Gasteiger partial charge in [0.05, 0.1) is 0 Å². The van der Waals surface area contributed by atoms with E-state index < -0.39 is 0 Å². The molecule has 0 spiro atoms. The molecule has 1 aliphatic rings. The van der Waals surface area contributed by atoms with Crippen molar-refractivity contribution in [2.75, 3.05) is 6.54 Å². The smallest absolute Gasteiger partial charge is 0.221 e. The average molecular weight is 176 g/mol. The molecule has 1 aliphatic heterocycles. The number of nitrogens with one attached hydrogen (secondary N) is 1. The highest BCUT2D eigenvalue weighted by atomic mass is 16.1. The predicted octanol–water partition coefficient (Wildman–Crippen LogP) is 0.859. The highest BCUT2D eigenvalue weighted by Gasteiger charge is 2.36. The first-order valence-corrected chi connectivity index (χ1v) is 4.39. The first-order chi connectivity index (χ1) is 6.21. The largest absolute Gasteiger partial charge is 0.355 e. The minimum absolute atomic E-state index is 0.113. The van der Waals surface area contributed by atoms with Crippen LogP contribution in [0, 0.1) is 0 Å². The van der Waals surface area contributed by atoms with E-state index in [9.17, 15) is 4.79 Å². The highest BCUT2D eigenvalue weighted by Crippen LogP contribution is 2.28. The van der Waals surface area contributed by atoms with Gasteiger partial charge >= 0.3 is 0 Å². The van der Waals surface area contributed by atoms with Crippen LogP contribution in [0.25, 0.3) is 0 Å². The molecule has 1 atom stereocenters. The van der Waals surface area contributed by atoms with Gasteiger partial charge in [-0.25, -0.2) is 0 Å². The fourth-order valence-corrected chi connectivity index (χ4v) is 1.67. The molecule has 0 unspecified atom stereocenters. The summed E-state index contributed by atoms with van der Waals surface area (Å²) in [6.45, 7) is 2.76. The van der Waals surface area contributed by atoms with Crippen molar-refractivity contribution < 1.29 is 4.79 Å². The van der Waals surface area contributed by atoms with Gasteiger partial charge in [0.15, 0.2) is 0 Å². The standard InChI is InChI=1S/C10H12N2O/c1-10(6-9(13)12-7-10)8-4-2-3-5-11-8/h2-5H,6-7H2,1H3,(H,12,13)/t10-/m1/s1. The van der Waals surface area contributed by atoms with Crippen molar-refractivity contribution in [1.29, 1.82) is 0 Å². The van der Waals surface area contributed by atoms with Gasteiger partial charge in [0, 0.05) is 30.3 Å². The van der Waals surface area contributed by atoms with Crippen LogP contribution in [0.1, 0.15) is 19.0 Å². The zero-order chi connectivity index (χ0) is 9.31. The molecule has 1 fully saturated rings. The maximum Gasteiger partial charge on any atom is 0.221 e. The molecular weight excluding hydrogens is 164 g/mol. The molecule has 0 saturated carbocycles. The van der Waals surface area contributed by atoms with E-state index in [4.69, 9.17) is 0 Å². The summed E-state index contributed by atoms with van der Waals surface area (Å²) in [4.78, 5) is 15.4.